The summed E-state index contributed by atoms with van der Waals surface area (Å²) in [6.07, 6.45) is 1.57. The third kappa shape index (κ3) is 1.55. The number of para-hydroxylation sites is 1. The van der Waals surface area contributed by atoms with Crippen molar-refractivity contribution < 1.29 is 4.74 Å². The van der Waals surface area contributed by atoms with Crippen LogP contribution in [0.3, 0.4) is 0 Å². The van der Waals surface area contributed by atoms with Crippen LogP contribution in [0.2, 0.25) is 0 Å². The number of nitrogens with two attached hydrogens (primary N) is 1. The van der Waals surface area contributed by atoms with Crippen molar-refractivity contribution in [3.8, 4) is 17.0 Å². The molecule has 0 aliphatic heterocycles. The summed E-state index contributed by atoms with van der Waals surface area (Å²) in [7, 11) is 1.62. The first-order valence-corrected chi connectivity index (χ1v) is 5.39. The van der Waals surface area contributed by atoms with Gasteiger partial charge < -0.3 is 15.5 Å². The van der Waals surface area contributed by atoms with Crippen molar-refractivity contribution in [3.05, 3.63) is 30.6 Å². The van der Waals surface area contributed by atoms with Gasteiger partial charge in [0.05, 0.1) is 13.4 Å². The number of hydrogen-bond donors (Lipinski definition) is 2. The van der Waals surface area contributed by atoms with Gasteiger partial charge >= 0.3 is 0 Å². The number of nitrogens with zero attached hydrogens (tertiary/aromatic N) is 3. The summed E-state index contributed by atoms with van der Waals surface area (Å²) in [4.78, 5) is 15.4. The number of imidazole rings is 1. The second-order valence-electron chi connectivity index (χ2n) is 3.73. The van der Waals surface area contributed by atoms with Gasteiger partial charge in [0, 0.05) is 5.56 Å². The summed E-state index contributed by atoms with van der Waals surface area (Å²) < 4.78 is 5.33. The van der Waals surface area contributed by atoms with E-state index in [0.29, 0.717) is 11.3 Å². The third-order valence-corrected chi connectivity index (χ3v) is 2.67. The lowest BCUT2D eigenvalue weighted by atomic mass is 10.1. The monoisotopic (exact) mass is 241 g/mol. The van der Waals surface area contributed by atoms with Crippen LogP contribution in [0.4, 0.5) is 5.95 Å². The van der Waals surface area contributed by atoms with Crippen molar-refractivity contribution in [1.82, 2.24) is 19.9 Å². The molecule has 2 aromatic heterocycles. The van der Waals surface area contributed by atoms with E-state index in [9.17, 15) is 0 Å². The molecule has 3 N–H and O–H groups in total. The van der Waals surface area contributed by atoms with Gasteiger partial charge in [-0.15, -0.1) is 0 Å². The van der Waals surface area contributed by atoms with Gasteiger partial charge in [-0.2, -0.15) is 4.98 Å². The Morgan fingerprint density at radius 2 is 2.06 bits per heavy atom. The maximum absolute atomic E-state index is 5.70. The highest BCUT2D eigenvalue weighted by molar-refractivity contribution is 5.89. The van der Waals surface area contributed by atoms with Gasteiger partial charge in [-0.25, -0.2) is 9.97 Å². The number of nitrogen functional groups attached to an aromatic ring is 1. The van der Waals surface area contributed by atoms with Gasteiger partial charge in [0.1, 0.15) is 17.0 Å². The molecular weight excluding hydrogens is 230 g/mol. The minimum absolute atomic E-state index is 0.190. The summed E-state index contributed by atoms with van der Waals surface area (Å²) in [5, 5.41) is 0. The highest BCUT2D eigenvalue weighted by Gasteiger charge is 2.13. The summed E-state index contributed by atoms with van der Waals surface area (Å²) in [5.41, 5.74) is 8.52. The van der Waals surface area contributed by atoms with Crippen LogP contribution in [-0.2, 0) is 0 Å². The van der Waals surface area contributed by atoms with E-state index in [1.807, 2.05) is 24.3 Å². The molecule has 0 fully saturated rings. The van der Waals surface area contributed by atoms with E-state index in [-0.39, 0.29) is 5.95 Å². The summed E-state index contributed by atoms with van der Waals surface area (Å²) in [5.74, 6) is 0.919. The molecule has 3 aromatic rings. The standard InChI is InChI=1S/C12H11N5O/c1-18-8-5-3-2-4-7(8)9-10-11(15-6-14-10)17-12(13)16-9/h2-6H,1H3,(H3,13,14,15,16,17). The summed E-state index contributed by atoms with van der Waals surface area (Å²) in [6, 6.07) is 7.60. The molecule has 3 rings (SSSR count). The van der Waals surface area contributed by atoms with Crippen LogP contribution in [-0.4, -0.2) is 27.0 Å². The third-order valence-electron chi connectivity index (χ3n) is 2.67. The first-order chi connectivity index (χ1) is 8.79. The first kappa shape index (κ1) is 10.5. The normalized spacial score (nSPS) is 10.7. The van der Waals surface area contributed by atoms with Crippen LogP contribution in [0, 0.1) is 0 Å². The zero-order valence-corrected chi connectivity index (χ0v) is 9.71. The molecule has 6 nitrogen and oxygen atoms in total. The van der Waals surface area contributed by atoms with E-state index in [1.54, 1.807) is 13.4 Å². The molecule has 0 saturated heterocycles. The van der Waals surface area contributed by atoms with Crippen LogP contribution in [0.15, 0.2) is 30.6 Å². The molecule has 0 bridgehead atoms. The van der Waals surface area contributed by atoms with Crippen molar-refractivity contribution >= 4 is 17.1 Å². The van der Waals surface area contributed by atoms with Gasteiger partial charge in [-0.05, 0) is 12.1 Å². The molecule has 0 aliphatic carbocycles. The van der Waals surface area contributed by atoms with Gasteiger partial charge in [-0.1, -0.05) is 12.1 Å². The van der Waals surface area contributed by atoms with Crippen LogP contribution in [0.5, 0.6) is 5.75 Å². The molecule has 2 heterocycles. The molecular formula is C12H11N5O. The number of nitrogens with one attached hydrogen (secondary N) is 1. The molecule has 0 unspecified atom stereocenters. The number of ether oxygens (including phenoxy) is 1. The Balaban J connectivity index is 2.34. The Kier molecular flexibility index (Phi) is 2.33. The Labute approximate surface area is 103 Å². The minimum Gasteiger partial charge on any atom is -0.496 e. The largest absolute Gasteiger partial charge is 0.496 e. The second kappa shape index (κ2) is 3.99. The van der Waals surface area contributed by atoms with E-state index >= 15 is 0 Å². The highest BCUT2D eigenvalue weighted by Crippen LogP contribution is 2.31. The number of hydrogen-bond acceptors (Lipinski definition) is 5. The van der Waals surface area contributed by atoms with E-state index in [4.69, 9.17) is 10.5 Å². The van der Waals surface area contributed by atoms with E-state index < -0.39 is 0 Å². The van der Waals surface area contributed by atoms with Crippen LogP contribution in [0.1, 0.15) is 0 Å². The average Bonchev–Trinajstić information content (AvgIpc) is 2.85. The molecule has 18 heavy (non-hydrogen) atoms. The Morgan fingerprint density at radius 3 is 2.89 bits per heavy atom. The second-order valence-corrected chi connectivity index (χ2v) is 3.73. The summed E-state index contributed by atoms with van der Waals surface area (Å²) >= 11 is 0. The number of methoxy groups -OCH3 is 1. The van der Waals surface area contributed by atoms with Gasteiger partial charge in [0.15, 0.2) is 5.65 Å². The topological polar surface area (TPSA) is 89.7 Å². The zero-order chi connectivity index (χ0) is 12.5. The van der Waals surface area contributed by atoms with Crippen LogP contribution >= 0.6 is 0 Å². The molecule has 0 atom stereocenters. The Morgan fingerprint density at radius 1 is 1.22 bits per heavy atom. The maximum Gasteiger partial charge on any atom is 0.222 e. The first-order valence-electron chi connectivity index (χ1n) is 5.39. The predicted molar refractivity (Wildman–Crippen MR) is 68.1 cm³/mol. The number of fused-ring (bicyclic) bond motifs is 1. The van der Waals surface area contributed by atoms with Crippen LogP contribution in [0.25, 0.3) is 22.4 Å². The average molecular weight is 241 g/mol. The van der Waals surface area contributed by atoms with E-state index in [2.05, 4.69) is 19.9 Å². The molecule has 0 aliphatic rings. The van der Waals surface area contributed by atoms with Gasteiger partial charge in [0.2, 0.25) is 5.95 Å². The molecule has 0 spiro atoms. The van der Waals surface area contributed by atoms with Crippen molar-refractivity contribution in [2.45, 2.75) is 0 Å². The quantitative estimate of drug-likeness (QED) is 0.711. The SMILES string of the molecule is COc1ccccc1-c1nc(N)nc2nc[nH]c12. The smallest absolute Gasteiger partial charge is 0.222 e. The Bertz CT molecular complexity index is 707. The molecule has 6 heteroatoms. The van der Waals surface area contributed by atoms with Crippen molar-refractivity contribution in [2.75, 3.05) is 12.8 Å². The van der Waals surface area contributed by atoms with Crippen molar-refractivity contribution in [1.29, 1.82) is 0 Å². The molecule has 0 saturated carbocycles. The van der Waals surface area contributed by atoms with E-state index in [1.165, 1.54) is 0 Å². The predicted octanol–water partition coefficient (Wildman–Crippen LogP) is 1.61. The van der Waals surface area contributed by atoms with Crippen molar-refractivity contribution in [2.24, 2.45) is 0 Å². The number of rotatable bonds is 2. The van der Waals surface area contributed by atoms with Gasteiger partial charge in [-0.3, -0.25) is 0 Å². The fraction of sp³-hybridized carbons (Fsp3) is 0.0833. The minimum atomic E-state index is 0.190. The van der Waals surface area contributed by atoms with Crippen molar-refractivity contribution in [3.63, 3.8) is 0 Å². The number of anilines is 1. The lowest BCUT2D eigenvalue weighted by Gasteiger charge is -2.08. The number of aromatic nitrogens is 4. The van der Waals surface area contributed by atoms with Crippen LogP contribution < -0.4 is 10.5 Å². The summed E-state index contributed by atoms with van der Waals surface area (Å²) in [6.45, 7) is 0. The lowest BCUT2D eigenvalue weighted by Crippen LogP contribution is -1.99. The fourth-order valence-corrected chi connectivity index (χ4v) is 1.89. The molecule has 90 valence electrons. The highest BCUT2D eigenvalue weighted by atomic mass is 16.5. The van der Waals surface area contributed by atoms with Gasteiger partial charge in [0.25, 0.3) is 0 Å². The molecule has 0 amide bonds. The molecule has 0 radical (unpaired) electrons. The fourth-order valence-electron chi connectivity index (χ4n) is 1.89. The lowest BCUT2D eigenvalue weighted by molar-refractivity contribution is 0.416. The zero-order valence-electron chi connectivity index (χ0n) is 9.71. The maximum atomic E-state index is 5.70. The number of benzene rings is 1. The Hall–Kier alpha value is -2.63. The van der Waals surface area contributed by atoms with E-state index in [0.717, 1.165) is 16.8 Å². The molecule has 1 aromatic carbocycles. The number of H-pyrrole nitrogens is 1. The number of aromatic amines is 1.